The zero-order valence-electron chi connectivity index (χ0n) is 32.6. The van der Waals surface area contributed by atoms with E-state index < -0.39 is 9.84 Å². The molecule has 0 spiro atoms. The molecule has 2 rings (SSSR count). The normalized spacial score (nSPS) is 11.7. The SMILES string of the molecule is C/C=C/CCCCCCCCCCC(=O)OCCOc1ccc(S(=O)(=O)c2ccc(OCCOC(=O)CCCCCCCCCC/C=C/C)cc2)cc1. The molecular formula is C44H66O8S. The molecule has 0 saturated carbocycles. The maximum Gasteiger partial charge on any atom is 0.305 e. The van der Waals surface area contributed by atoms with Crippen LogP contribution >= 0.6 is 0 Å². The Hall–Kier alpha value is -3.59. The van der Waals surface area contributed by atoms with E-state index >= 15 is 0 Å². The molecule has 0 unspecified atom stereocenters. The van der Waals surface area contributed by atoms with Gasteiger partial charge in [-0.25, -0.2) is 8.42 Å². The van der Waals surface area contributed by atoms with Crippen LogP contribution < -0.4 is 9.47 Å². The van der Waals surface area contributed by atoms with E-state index in [2.05, 4.69) is 38.2 Å². The van der Waals surface area contributed by atoms with Crippen molar-refractivity contribution in [1.82, 2.24) is 0 Å². The Bertz CT molecular complexity index is 1300. The molecule has 296 valence electrons. The van der Waals surface area contributed by atoms with Gasteiger partial charge in [-0.05, 0) is 101 Å². The largest absolute Gasteiger partial charge is 0.490 e. The van der Waals surface area contributed by atoms with E-state index in [1.165, 1.54) is 101 Å². The van der Waals surface area contributed by atoms with Crippen molar-refractivity contribution in [3.05, 3.63) is 72.8 Å². The first-order chi connectivity index (χ1) is 25.9. The van der Waals surface area contributed by atoms with Crippen molar-refractivity contribution in [2.45, 2.75) is 152 Å². The van der Waals surface area contributed by atoms with Gasteiger partial charge in [0.25, 0.3) is 0 Å². The molecule has 2 aromatic rings. The summed E-state index contributed by atoms with van der Waals surface area (Å²) in [4.78, 5) is 24.3. The minimum atomic E-state index is -3.74. The van der Waals surface area contributed by atoms with Crippen molar-refractivity contribution < 1.29 is 37.0 Å². The molecule has 0 radical (unpaired) electrons. The summed E-state index contributed by atoms with van der Waals surface area (Å²) in [7, 11) is -3.74. The topological polar surface area (TPSA) is 105 Å². The molecule has 0 aliphatic rings. The Balaban J connectivity index is 1.54. The van der Waals surface area contributed by atoms with Gasteiger partial charge in [0.15, 0.2) is 0 Å². The third-order valence-electron chi connectivity index (χ3n) is 8.97. The van der Waals surface area contributed by atoms with Gasteiger partial charge in [-0.15, -0.1) is 0 Å². The highest BCUT2D eigenvalue weighted by Crippen LogP contribution is 2.25. The fourth-order valence-corrected chi connectivity index (χ4v) is 7.12. The third kappa shape index (κ3) is 22.3. The maximum atomic E-state index is 13.2. The van der Waals surface area contributed by atoms with Crippen LogP contribution in [-0.4, -0.2) is 46.8 Å². The Labute approximate surface area is 320 Å². The van der Waals surface area contributed by atoms with Crippen molar-refractivity contribution in [2.24, 2.45) is 0 Å². The van der Waals surface area contributed by atoms with E-state index in [1.54, 1.807) is 24.3 Å². The molecule has 0 aliphatic heterocycles. The van der Waals surface area contributed by atoms with Crippen LogP contribution in [-0.2, 0) is 28.9 Å². The molecule has 0 bridgehead atoms. The Morgan fingerprint density at radius 2 is 0.792 bits per heavy atom. The number of unbranched alkanes of at least 4 members (excludes halogenated alkanes) is 16. The third-order valence-corrected chi connectivity index (χ3v) is 10.8. The quantitative estimate of drug-likeness (QED) is 0.0413. The van der Waals surface area contributed by atoms with Crippen LogP contribution in [0, 0.1) is 0 Å². The minimum absolute atomic E-state index is 0.136. The molecule has 53 heavy (non-hydrogen) atoms. The summed E-state index contributed by atoms with van der Waals surface area (Å²) in [5, 5.41) is 0. The van der Waals surface area contributed by atoms with Crippen LogP contribution in [0.2, 0.25) is 0 Å². The predicted molar refractivity (Wildman–Crippen MR) is 213 cm³/mol. The first kappa shape index (κ1) is 45.6. The second-order valence-electron chi connectivity index (χ2n) is 13.5. The van der Waals surface area contributed by atoms with E-state index in [0.29, 0.717) is 24.3 Å². The van der Waals surface area contributed by atoms with E-state index in [9.17, 15) is 18.0 Å². The average molecular weight is 755 g/mol. The number of hydrogen-bond donors (Lipinski definition) is 0. The number of esters is 2. The minimum Gasteiger partial charge on any atom is -0.490 e. The van der Waals surface area contributed by atoms with Crippen molar-refractivity contribution in [3.63, 3.8) is 0 Å². The number of sulfone groups is 1. The molecule has 0 N–H and O–H groups in total. The first-order valence-electron chi connectivity index (χ1n) is 20.1. The number of ether oxygens (including phenoxy) is 4. The van der Waals surface area contributed by atoms with Crippen LogP contribution in [0.25, 0.3) is 0 Å². The summed E-state index contributed by atoms with van der Waals surface area (Å²) in [6.07, 6.45) is 30.5. The van der Waals surface area contributed by atoms with E-state index in [4.69, 9.17) is 18.9 Å². The van der Waals surface area contributed by atoms with Gasteiger partial charge in [-0.2, -0.15) is 0 Å². The summed E-state index contributed by atoms with van der Waals surface area (Å²) in [6.45, 7) is 4.77. The highest BCUT2D eigenvalue weighted by atomic mass is 32.2. The second kappa shape index (κ2) is 29.8. The lowest BCUT2D eigenvalue weighted by Gasteiger charge is -2.10. The lowest BCUT2D eigenvalue weighted by atomic mass is 10.1. The lowest BCUT2D eigenvalue weighted by molar-refractivity contribution is -0.145. The molecular weight excluding hydrogens is 689 g/mol. The van der Waals surface area contributed by atoms with Crippen molar-refractivity contribution in [3.8, 4) is 11.5 Å². The molecule has 0 fully saturated rings. The second-order valence-corrected chi connectivity index (χ2v) is 15.4. The first-order valence-corrected chi connectivity index (χ1v) is 21.6. The van der Waals surface area contributed by atoms with Crippen LogP contribution in [0.15, 0.2) is 82.6 Å². The Morgan fingerprint density at radius 3 is 1.13 bits per heavy atom. The van der Waals surface area contributed by atoms with Gasteiger partial charge < -0.3 is 18.9 Å². The molecule has 0 atom stereocenters. The van der Waals surface area contributed by atoms with Gasteiger partial charge in [-0.3, -0.25) is 9.59 Å². The van der Waals surface area contributed by atoms with Crippen LogP contribution in [0.1, 0.15) is 142 Å². The molecule has 0 heterocycles. The molecule has 0 aliphatic carbocycles. The van der Waals surface area contributed by atoms with Crippen LogP contribution in [0.5, 0.6) is 11.5 Å². The summed E-state index contributed by atoms with van der Waals surface area (Å²) in [5.74, 6) is 0.539. The summed E-state index contributed by atoms with van der Waals surface area (Å²) in [5.41, 5.74) is 0. The number of carbonyl (C=O) groups is 2. The van der Waals surface area contributed by atoms with E-state index in [-0.39, 0.29) is 48.2 Å². The molecule has 0 aromatic heterocycles. The van der Waals surface area contributed by atoms with Crippen LogP contribution in [0.4, 0.5) is 0 Å². The van der Waals surface area contributed by atoms with Crippen molar-refractivity contribution in [2.75, 3.05) is 26.4 Å². The number of hydrogen-bond acceptors (Lipinski definition) is 8. The molecule has 0 saturated heterocycles. The van der Waals surface area contributed by atoms with E-state index in [1.807, 2.05) is 0 Å². The fraction of sp³-hybridized carbons (Fsp3) is 0.591. The standard InChI is InChI=1S/C44H66O8S/c1-3-5-7-9-11-13-15-17-19-21-23-25-43(45)51-37-35-49-39-27-31-41(32-28-39)53(47,48)42-33-29-40(30-34-42)50-36-38-52-44(46)26-24-22-20-18-16-14-12-10-8-6-4-2/h3-6,27-34H,7-26,35-38H2,1-2H3/b5-3+,6-4+. The summed E-state index contributed by atoms with van der Waals surface area (Å²) < 4.78 is 48.2. The Morgan fingerprint density at radius 1 is 0.472 bits per heavy atom. The molecule has 9 heteroatoms. The predicted octanol–water partition coefficient (Wildman–Crippen LogP) is 11.3. The fourth-order valence-electron chi connectivity index (χ4n) is 5.86. The van der Waals surface area contributed by atoms with E-state index in [0.717, 1.165) is 38.5 Å². The molecule has 2 aromatic carbocycles. The van der Waals surface area contributed by atoms with Gasteiger partial charge in [0.05, 0.1) is 9.79 Å². The average Bonchev–Trinajstić information content (AvgIpc) is 3.16. The zero-order valence-corrected chi connectivity index (χ0v) is 33.4. The maximum absolute atomic E-state index is 13.2. The van der Waals surface area contributed by atoms with Gasteiger partial charge in [-0.1, -0.05) is 101 Å². The summed E-state index contributed by atoms with van der Waals surface area (Å²) in [6, 6.07) is 12.3. The monoisotopic (exact) mass is 754 g/mol. The number of benzene rings is 2. The number of rotatable bonds is 32. The highest BCUT2D eigenvalue weighted by Gasteiger charge is 2.18. The van der Waals surface area contributed by atoms with Crippen LogP contribution in [0.3, 0.4) is 0 Å². The van der Waals surface area contributed by atoms with Gasteiger partial charge in [0.1, 0.15) is 37.9 Å². The Kier molecular flexibility index (Phi) is 25.6. The number of allylic oxidation sites excluding steroid dienone is 4. The van der Waals surface area contributed by atoms with Crippen molar-refractivity contribution in [1.29, 1.82) is 0 Å². The summed E-state index contributed by atoms with van der Waals surface area (Å²) >= 11 is 0. The lowest BCUT2D eigenvalue weighted by Crippen LogP contribution is -2.12. The zero-order chi connectivity index (χ0) is 38.2. The molecule has 0 amide bonds. The smallest absolute Gasteiger partial charge is 0.305 e. The molecule has 8 nitrogen and oxygen atoms in total. The van der Waals surface area contributed by atoms with Gasteiger partial charge >= 0.3 is 11.9 Å². The van der Waals surface area contributed by atoms with Crippen molar-refractivity contribution >= 4 is 21.8 Å². The number of carbonyl (C=O) groups excluding carboxylic acids is 2. The highest BCUT2D eigenvalue weighted by molar-refractivity contribution is 7.91. The van der Waals surface area contributed by atoms with Gasteiger partial charge in [0.2, 0.25) is 9.84 Å². The van der Waals surface area contributed by atoms with Gasteiger partial charge in [0, 0.05) is 12.8 Å².